The monoisotopic (exact) mass is 347 g/mol. The van der Waals surface area contributed by atoms with Gasteiger partial charge in [-0.2, -0.15) is 0 Å². The molecule has 126 valence electrons. The Bertz CT molecular complexity index is 448. The van der Waals surface area contributed by atoms with Crippen LogP contribution in [0.25, 0.3) is 0 Å². The summed E-state index contributed by atoms with van der Waals surface area (Å²) in [6, 6.07) is 10.3. The maximum atomic E-state index is 12.3. The van der Waals surface area contributed by atoms with Crippen LogP contribution in [0.4, 0.5) is 0 Å². The molecule has 1 unspecified atom stereocenters. The van der Waals surface area contributed by atoms with Gasteiger partial charge in [-0.05, 0) is 38.8 Å². The lowest BCUT2D eigenvalue weighted by molar-refractivity contribution is -0.125. The highest BCUT2D eigenvalue weighted by Crippen LogP contribution is 2.20. The van der Waals surface area contributed by atoms with E-state index < -0.39 is 0 Å². The van der Waals surface area contributed by atoms with Crippen molar-refractivity contribution in [3.8, 4) is 0 Å². The number of benzene rings is 1. The highest BCUT2D eigenvalue weighted by molar-refractivity contribution is 5.85. The van der Waals surface area contributed by atoms with E-state index in [1.807, 2.05) is 32.0 Å². The zero-order chi connectivity index (χ0) is 14.6. The van der Waals surface area contributed by atoms with Crippen LogP contribution in [0.15, 0.2) is 30.3 Å². The van der Waals surface area contributed by atoms with Crippen molar-refractivity contribution in [1.82, 2.24) is 10.2 Å². The van der Waals surface area contributed by atoms with Gasteiger partial charge in [-0.1, -0.05) is 30.3 Å². The van der Waals surface area contributed by atoms with Crippen LogP contribution >= 0.6 is 24.8 Å². The molecule has 1 atom stereocenters. The van der Waals surface area contributed by atoms with Crippen molar-refractivity contribution < 1.29 is 4.79 Å². The standard InChI is InChI=1S/C16H25N3O.2ClH/c1-16(2,17)12-18-15(20)14-9-6-10-19(14)11-13-7-4-3-5-8-13;;/h3-5,7-8,14H,6,9-12,17H2,1-2H3,(H,18,20);2*1H. The van der Waals surface area contributed by atoms with Crippen molar-refractivity contribution in [3.63, 3.8) is 0 Å². The molecule has 1 saturated heterocycles. The van der Waals surface area contributed by atoms with E-state index in [-0.39, 0.29) is 42.3 Å². The molecule has 1 aliphatic rings. The molecular weight excluding hydrogens is 321 g/mol. The Labute approximate surface area is 145 Å². The Morgan fingerprint density at radius 1 is 1.32 bits per heavy atom. The molecule has 1 fully saturated rings. The first-order chi connectivity index (χ1) is 9.46. The van der Waals surface area contributed by atoms with Gasteiger partial charge >= 0.3 is 0 Å². The Balaban J connectivity index is 0.00000220. The molecule has 0 saturated carbocycles. The number of hydrogen-bond acceptors (Lipinski definition) is 3. The molecule has 22 heavy (non-hydrogen) atoms. The highest BCUT2D eigenvalue weighted by Gasteiger charge is 2.30. The summed E-state index contributed by atoms with van der Waals surface area (Å²) in [7, 11) is 0. The second-order valence-electron chi connectivity index (χ2n) is 6.32. The number of hydrogen-bond donors (Lipinski definition) is 2. The first-order valence-corrected chi connectivity index (χ1v) is 7.30. The van der Waals surface area contributed by atoms with Crippen molar-refractivity contribution >= 4 is 30.7 Å². The molecule has 4 nitrogen and oxygen atoms in total. The number of nitrogens with two attached hydrogens (primary N) is 1. The summed E-state index contributed by atoms with van der Waals surface area (Å²) in [5.74, 6) is 0.108. The lowest BCUT2D eigenvalue weighted by Crippen LogP contribution is -2.50. The van der Waals surface area contributed by atoms with E-state index in [2.05, 4.69) is 22.3 Å². The summed E-state index contributed by atoms with van der Waals surface area (Å²) in [6.07, 6.45) is 2.01. The molecule has 1 amide bonds. The van der Waals surface area contributed by atoms with Gasteiger partial charge in [0.05, 0.1) is 6.04 Å². The fraction of sp³-hybridized carbons (Fsp3) is 0.562. The van der Waals surface area contributed by atoms with Gasteiger partial charge in [0.25, 0.3) is 0 Å². The first-order valence-electron chi connectivity index (χ1n) is 7.30. The summed E-state index contributed by atoms with van der Waals surface area (Å²) in [5.41, 5.74) is 6.81. The van der Waals surface area contributed by atoms with Crippen molar-refractivity contribution in [3.05, 3.63) is 35.9 Å². The Kier molecular flexibility index (Phi) is 9.01. The normalized spacial score (nSPS) is 18.2. The second kappa shape index (κ2) is 9.36. The minimum absolute atomic E-state index is 0. The maximum absolute atomic E-state index is 12.3. The highest BCUT2D eigenvalue weighted by atomic mass is 35.5. The van der Waals surface area contributed by atoms with Crippen LogP contribution < -0.4 is 11.1 Å². The van der Waals surface area contributed by atoms with Gasteiger partial charge < -0.3 is 11.1 Å². The number of carbonyl (C=O) groups excluding carboxylic acids is 1. The SMILES string of the molecule is CC(C)(N)CNC(=O)C1CCCN1Cc1ccccc1.Cl.Cl. The summed E-state index contributed by atoms with van der Waals surface area (Å²) >= 11 is 0. The Hall–Kier alpha value is -0.810. The van der Waals surface area contributed by atoms with Crippen LogP contribution in [0, 0.1) is 0 Å². The number of halogens is 2. The second-order valence-corrected chi connectivity index (χ2v) is 6.32. The van der Waals surface area contributed by atoms with Gasteiger partial charge in [0, 0.05) is 18.6 Å². The maximum Gasteiger partial charge on any atom is 0.237 e. The van der Waals surface area contributed by atoms with Crippen LogP contribution in [0.1, 0.15) is 32.3 Å². The number of nitrogens with zero attached hydrogens (tertiary/aromatic N) is 1. The first kappa shape index (κ1) is 21.2. The van der Waals surface area contributed by atoms with Gasteiger partial charge in [-0.15, -0.1) is 24.8 Å². The Morgan fingerprint density at radius 3 is 2.55 bits per heavy atom. The van der Waals surface area contributed by atoms with E-state index >= 15 is 0 Å². The molecule has 0 aromatic heterocycles. The van der Waals surface area contributed by atoms with Crippen LogP contribution in [-0.4, -0.2) is 35.5 Å². The van der Waals surface area contributed by atoms with Crippen LogP contribution in [0.2, 0.25) is 0 Å². The van der Waals surface area contributed by atoms with Gasteiger partial charge in [0.1, 0.15) is 0 Å². The molecule has 0 radical (unpaired) electrons. The van der Waals surface area contributed by atoms with Gasteiger partial charge in [-0.25, -0.2) is 0 Å². The number of amides is 1. The van der Waals surface area contributed by atoms with Crippen molar-refractivity contribution in [2.75, 3.05) is 13.1 Å². The lowest BCUT2D eigenvalue weighted by Gasteiger charge is -2.26. The summed E-state index contributed by atoms with van der Waals surface area (Å²) in [4.78, 5) is 14.5. The largest absolute Gasteiger partial charge is 0.353 e. The molecular formula is C16H27Cl2N3O. The van der Waals surface area contributed by atoms with E-state index in [1.165, 1.54) is 5.56 Å². The van der Waals surface area contributed by atoms with E-state index in [0.717, 1.165) is 25.9 Å². The van der Waals surface area contributed by atoms with E-state index in [4.69, 9.17) is 5.73 Å². The number of likely N-dealkylation sites (tertiary alicyclic amines) is 1. The average molecular weight is 348 g/mol. The van der Waals surface area contributed by atoms with Crippen LogP contribution in [0.3, 0.4) is 0 Å². The molecule has 3 N–H and O–H groups in total. The molecule has 1 aromatic carbocycles. The van der Waals surface area contributed by atoms with E-state index in [9.17, 15) is 4.79 Å². The zero-order valence-electron chi connectivity index (χ0n) is 13.2. The van der Waals surface area contributed by atoms with Crippen molar-refractivity contribution in [1.29, 1.82) is 0 Å². The molecule has 6 heteroatoms. The third kappa shape index (κ3) is 6.53. The topological polar surface area (TPSA) is 58.4 Å². The van der Waals surface area contributed by atoms with Gasteiger partial charge in [-0.3, -0.25) is 9.69 Å². The van der Waals surface area contributed by atoms with E-state index in [0.29, 0.717) is 6.54 Å². The average Bonchev–Trinajstić information content (AvgIpc) is 2.84. The fourth-order valence-electron chi connectivity index (χ4n) is 2.56. The molecule has 0 bridgehead atoms. The van der Waals surface area contributed by atoms with Gasteiger partial charge in [0.2, 0.25) is 5.91 Å². The van der Waals surface area contributed by atoms with Crippen molar-refractivity contribution in [2.45, 2.75) is 44.8 Å². The number of nitrogens with one attached hydrogen (secondary N) is 1. The quantitative estimate of drug-likeness (QED) is 0.859. The molecule has 1 aromatic rings. The molecule has 2 rings (SSSR count). The van der Waals surface area contributed by atoms with Crippen LogP contribution in [-0.2, 0) is 11.3 Å². The number of rotatable bonds is 5. The smallest absolute Gasteiger partial charge is 0.237 e. The lowest BCUT2D eigenvalue weighted by atomic mass is 10.1. The molecule has 1 aliphatic heterocycles. The van der Waals surface area contributed by atoms with E-state index in [1.54, 1.807) is 0 Å². The third-order valence-electron chi connectivity index (χ3n) is 3.61. The summed E-state index contributed by atoms with van der Waals surface area (Å²) in [6.45, 7) is 6.18. The molecule has 1 heterocycles. The summed E-state index contributed by atoms with van der Waals surface area (Å²) in [5, 5.41) is 2.97. The van der Waals surface area contributed by atoms with Crippen LogP contribution in [0.5, 0.6) is 0 Å². The molecule has 0 aliphatic carbocycles. The predicted molar refractivity (Wildman–Crippen MR) is 95.6 cm³/mol. The zero-order valence-corrected chi connectivity index (χ0v) is 14.9. The Morgan fingerprint density at radius 2 is 1.95 bits per heavy atom. The predicted octanol–water partition coefficient (Wildman–Crippen LogP) is 2.35. The third-order valence-corrected chi connectivity index (χ3v) is 3.61. The molecule has 0 spiro atoms. The fourth-order valence-corrected chi connectivity index (χ4v) is 2.56. The number of carbonyl (C=O) groups is 1. The minimum Gasteiger partial charge on any atom is -0.353 e. The van der Waals surface area contributed by atoms with Crippen molar-refractivity contribution in [2.24, 2.45) is 5.73 Å². The van der Waals surface area contributed by atoms with Gasteiger partial charge in [0.15, 0.2) is 0 Å². The summed E-state index contributed by atoms with van der Waals surface area (Å²) < 4.78 is 0. The minimum atomic E-state index is -0.363.